The van der Waals surface area contributed by atoms with E-state index >= 15 is 0 Å². The number of benzene rings is 1. The van der Waals surface area contributed by atoms with Gasteiger partial charge in [0.25, 0.3) is 0 Å². The van der Waals surface area contributed by atoms with Crippen molar-refractivity contribution in [2.24, 2.45) is 0 Å². The molecule has 1 aromatic carbocycles. The molecule has 0 aliphatic carbocycles. The Balaban J connectivity index is 2.15. The Morgan fingerprint density at radius 2 is 2.35 bits per heavy atom. The first kappa shape index (κ1) is 11.8. The highest BCUT2D eigenvalue weighted by Gasteiger charge is 2.25. The van der Waals surface area contributed by atoms with Crippen molar-refractivity contribution >= 4 is 11.7 Å². The van der Waals surface area contributed by atoms with E-state index in [0.29, 0.717) is 13.0 Å². The summed E-state index contributed by atoms with van der Waals surface area (Å²) in [6.07, 6.45) is 0.790. The van der Waals surface area contributed by atoms with Crippen LogP contribution in [0.25, 0.3) is 0 Å². The normalized spacial score (nSPS) is 18.5. The summed E-state index contributed by atoms with van der Waals surface area (Å²) >= 11 is 0. The fourth-order valence-electron chi connectivity index (χ4n) is 2.16. The molecular formula is C13H17NO3. The molecule has 1 unspecified atom stereocenters. The van der Waals surface area contributed by atoms with Crippen molar-refractivity contribution in [3.63, 3.8) is 0 Å². The molecule has 1 aliphatic heterocycles. The van der Waals surface area contributed by atoms with Crippen LogP contribution >= 0.6 is 0 Å². The summed E-state index contributed by atoms with van der Waals surface area (Å²) in [5.74, 6) is 0.162. The standard InChI is InChI=1S/C13H17NO3/c1-9-4-3-5-11-13(9)17-8-10(14(11)2)6-7-12(15)16/h3-5,10H,6-8H2,1-2H3,(H,15,16). The molecule has 1 N–H and O–H groups in total. The third kappa shape index (κ3) is 2.35. The Morgan fingerprint density at radius 3 is 3.06 bits per heavy atom. The minimum absolute atomic E-state index is 0.139. The topological polar surface area (TPSA) is 49.8 Å². The molecule has 1 aromatic rings. The van der Waals surface area contributed by atoms with Gasteiger partial charge in [0, 0.05) is 13.5 Å². The average Bonchev–Trinajstić information content (AvgIpc) is 2.29. The van der Waals surface area contributed by atoms with Crippen LogP contribution in [0.4, 0.5) is 5.69 Å². The van der Waals surface area contributed by atoms with Gasteiger partial charge in [0.2, 0.25) is 0 Å². The zero-order valence-corrected chi connectivity index (χ0v) is 10.1. The molecule has 0 saturated carbocycles. The van der Waals surface area contributed by atoms with Crippen LogP contribution in [0.5, 0.6) is 5.75 Å². The molecule has 4 heteroatoms. The molecule has 2 rings (SSSR count). The number of carboxylic acid groups (broad SMARTS) is 1. The van der Waals surface area contributed by atoms with E-state index in [-0.39, 0.29) is 12.5 Å². The van der Waals surface area contributed by atoms with Crippen LogP contribution in [0.15, 0.2) is 18.2 Å². The molecule has 0 amide bonds. The van der Waals surface area contributed by atoms with Gasteiger partial charge in [0.05, 0.1) is 11.7 Å². The Labute approximate surface area is 101 Å². The molecule has 1 aliphatic rings. The summed E-state index contributed by atoms with van der Waals surface area (Å²) in [6.45, 7) is 2.58. The largest absolute Gasteiger partial charge is 0.489 e. The number of anilines is 1. The lowest BCUT2D eigenvalue weighted by Crippen LogP contribution is -2.40. The maximum atomic E-state index is 10.6. The Morgan fingerprint density at radius 1 is 1.59 bits per heavy atom. The van der Waals surface area contributed by atoms with Crippen LogP contribution in [-0.2, 0) is 4.79 Å². The van der Waals surface area contributed by atoms with Gasteiger partial charge in [0.15, 0.2) is 0 Å². The van der Waals surface area contributed by atoms with Gasteiger partial charge in [0.1, 0.15) is 12.4 Å². The molecule has 0 spiro atoms. The van der Waals surface area contributed by atoms with Crippen LogP contribution in [-0.4, -0.2) is 30.8 Å². The zero-order chi connectivity index (χ0) is 12.4. The molecule has 92 valence electrons. The van der Waals surface area contributed by atoms with Crippen molar-refractivity contribution in [3.8, 4) is 5.75 Å². The molecule has 0 radical (unpaired) electrons. The second-order valence-corrected chi connectivity index (χ2v) is 4.43. The lowest BCUT2D eigenvalue weighted by Gasteiger charge is -2.36. The highest BCUT2D eigenvalue weighted by Crippen LogP contribution is 2.36. The fourth-order valence-corrected chi connectivity index (χ4v) is 2.16. The van der Waals surface area contributed by atoms with Gasteiger partial charge in [-0.2, -0.15) is 0 Å². The van der Waals surface area contributed by atoms with Gasteiger partial charge >= 0.3 is 5.97 Å². The number of fused-ring (bicyclic) bond motifs is 1. The summed E-state index contributed by atoms with van der Waals surface area (Å²) in [5, 5.41) is 8.71. The van der Waals surface area contributed by atoms with E-state index < -0.39 is 5.97 Å². The van der Waals surface area contributed by atoms with Crippen LogP contribution in [0.2, 0.25) is 0 Å². The second-order valence-electron chi connectivity index (χ2n) is 4.43. The van der Waals surface area contributed by atoms with Crippen LogP contribution in [0, 0.1) is 6.92 Å². The zero-order valence-electron chi connectivity index (χ0n) is 10.1. The van der Waals surface area contributed by atoms with Crippen LogP contribution in [0.1, 0.15) is 18.4 Å². The van der Waals surface area contributed by atoms with Crippen LogP contribution in [0.3, 0.4) is 0 Å². The van der Waals surface area contributed by atoms with E-state index in [0.717, 1.165) is 17.0 Å². The molecular weight excluding hydrogens is 218 g/mol. The number of hydrogen-bond acceptors (Lipinski definition) is 3. The maximum absolute atomic E-state index is 10.6. The number of likely N-dealkylation sites (N-methyl/N-ethyl adjacent to an activating group) is 1. The lowest BCUT2D eigenvalue weighted by molar-refractivity contribution is -0.137. The predicted molar refractivity (Wildman–Crippen MR) is 65.7 cm³/mol. The predicted octanol–water partition coefficient (Wildman–Crippen LogP) is 2.06. The van der Waals surface area contributed by atoms with E-state index in [1.807, 2.05) is 32.2 Å². The Hall–Kier alpha value is -1.71. The number of aliphatic carboxylic acids is 1. The minimum Gasteiger partial charge on any atom is -0.489 e. The number of para-hydroxylation sites is 1. The number of carboxylic acids is 1. The van der Waals surface area contributed by atoms with Gasteiger partial charge in [-0.25, -0.2) is 0 Å². The number of rotatable bonds is 3. The summed E-state index contributed by atoms with van der Waals surface area (Å²) in [6, 6.07) is 6.16. The van der Waals surface area contributed by atoms with Gasteiger partial charge in [-0.3, -0.25) is 4.79 Å². The van der Waals surface area contributed by atoms with Gasteiger partial charge in [-0.05, 0) is 25.0 Å². The van der Waals surface area contributed by atoms with Gasteiger partial charge < -0.3 is 14.7 Å². The van der Waals surface area contributed by atoms with Crippen molar-refractivity contribution in [2.45, 2.75) is 25.8 Å². The van der Waals surface area contributed by atoms with Gasteiger partial charge in [-0.1, -0.05) is 12.1 Å². The first-order valence-electron chi connectivity index (χ1n) is 5.76. The number of nitrogens with zero attached hydrogens (tertiary/aromatic N) is 1. The number of hydrogen-bond donors (Lipinski definition) is 1. The molecule has 0 bridgehead atoms. The summed E-state index contributed by atoms with van der Waals surface area (Å²) in [7, 11) is 1.99. The summed E-state index contributed by atoms with van der Waals surface area (Å²) < 4.78 is 5.73. The lowest BCUT2D eigenvalue weighted by atomic mass is 10.1. The van der Waals surface area contributed by atoms with Crippen molar-refractivity contribution in [3.05, 3.63) is 23.8 Å². The SMILES string of the molecule is Cc1cccc2c1OCC(CCC(=O)O)N2C. The Kier molecular flexibility index (Phi) is 3.22. The molecule has 0 saturated heterocycles. The Bertz CT molecular complexity index is 431. The molecule has 0 fully saturated rings. The first-order chi connectivity index (χ1) is 8.09. The third-order valence-corrected chi connectivity index (χ3v) is 3.23. The van der Waals surface area contributed by atoms with Gasteiger partial charge in [-0.15, -0.1) is 0 Å². The molecule has 4 nitrogen and oxygen atoms in total. The monoisotopic (exact) mass is 235 g/mol. The van der Waals surface area contributed by atoms with E-state index in [1.54, 1.807) is 0 Å². The molecule has 1 heterocycles. The quantitative estimate of drug-likeness (QED) is 0.871. The third-order valence-electron chi connectivity index (χ3n) is 3.23. The highest BCUT2D eigenvalue weighted by atomic mass is 16.5. The fraction of sp³-hybridized carbons (Fsp3) is 0.462. The van der Waals surface area contributed by atoms with Crippen molar-refractivity contribution in [1.82, 2.24) is 0 Å². The summed E-state index contributed by atoms with van der Waals surface area (Å²) in [5.41, 5.74) is 2.16. The molecule has 0 aromatic heterocycles. The summed E-state index contributed by atoms with van der Waals surface area (Å²) in [4.78, 5) is 12.7. The number of ether oxygens (including phenoxy) is 1. The maximum Gasteiger partial charge on any atom is 0.303 e. The van der Waals surface area contributed by atoms with E-state index in [2.05, 4.69) is 4.90 Å². The van der Waals surface area contributed by atoms with Crippen molar-refractivity contribution < 1.29 is 14.6 Å². The van der Waals surface area contributed by atoms with E-state index in [9.17, 15) is 4.79 Å². The van der Waals surface area contributed by atoms with Crippen molar-refractivity contribution in [1.29, 1.82) is 0 Å². The number of aryl methyl sites for hydroxylation is 1. The molecule has 17 heavy (non-hydrogen) atoms. The minimum atomic E-state index is -0.756. The molecule has 1 atom stereocenters. The number of carbonyl (C=O) groups is 1. The van der Waals surface area contributed by atoms with E-state index in [1.165, 1.54) is 0 Å². The van der Waals surface area contributed by atoms with Crippen molar-refractivity contribution in [2.75, 3.05) is 18.6 Å². The second kappa shape index (κ2) is 4.65. The van der Waals surface area contributed by atoms with Crippen LogP contribution < -0.4 is 9.64 Å². The average molecular weight is 235 g/mol. The first-order valence-corrected chi connectivity index (χ1v) is 5.76. The van der Waals surface area contributed by atoms with E-state index in [4.69, 9.17) is 9.84 Å². The smallest absolute Gasteiger partial charge is 0.303 e. The highest BCUT2D eigenvalue weighted by molar-refractivity contribution is 5.67.